The third kappa shape index (κ3) is 7.23. The van der Waals surface area contributed by atoms with E-state index in [1.54, 1.807) is 26.3 Å². The quantitative estimate of drug-likeness (QED) is 0.654. The van der Waals surface area contributed by atoms with E-state index in [1.165, 1.54) is 11.0 Å². The van der Waals surface area contributed by atoms with Crippen molar-refractivity contribution < 1.29 is 27.5 Å². The third-order valence-corrected chi connectivity index (χ3v) is 4.36. The van der Waals surface area contributed by atoms with Gasteiger partial charge in [0.15, 0.2) is 0 Å². The van der Waals surface area contributed by atoms with Gasteiger partial charge in [0.2, 0.25) is 11.8 Å². The lowest BCUT2D eigenvalue weighted by molar-refractivity contribution is -0.137. The van der Waals surface area contributed by atoms with Gasteiger partial charge >= 0.3 is 6.18 Å². The Bertz CT molecular complexity index is 889. The molecule has 0 aromatic heterocycles. The molecule has 10 heteroatoms. The molecule has 0 bridgehead atoms. The lowest BCUT2D eigenvalue weighted by Crippen LogP contribution is -2.38. The average molecular weight is 444 g/mol. The number of anilines is 1. The first-order valence-electron chi connectivity index (χ1n) is 8.83. The first-order chi connectivity index (χ1) is 14.1. The van der Waals surface area contributed by atoms with E-state index in [0.29, 0.717) is 12.3 Å². The highest BCUT2D eigenvalue weighted by Gasteiger charge is 2.33. The minimum atomic E-state index is -4.63. The van der Waals surface area contributed by atoms with E-state index in [1.807, 2.05) is 12.1 Å². The second kappa shape index (κ2) is 10.3. The zero-order valence-electron chi connectivity index (χ0n) is 16.3. The standard InChI is InChI=1S/C20H21ClF3N3O3/c1-27(11-18(28)25-10-13-3-6-15(30-2)7-4-13)12-19(29)26-14-5-8-17(21)16(9-14)20(22,23)24/h3-9H,10-12H2,1-2H3,(H,25,28)(H,26,29). The first kappa shape index (κ1) is 23.5. The number of nitrogens with one attached hydrogen (secondary N) is 2. The predicted molar refractivity (Wildman–Crippen MR) is 107 cm³/mol. The summed E-state index contributed by atoms with van der Waals surface area (Å²) in [7, 11) is 3.11. The summed E-state index contributed by atoms with van der Waals surface area (Å²) in [5.74, 6) is -0.151. The number of benzene rings is 2. The molecule has 2 aromatic rings. The number of nitrogens with zero attached hydrogens (tertiary/aromatic N) is 1. The summed E-state index contributed by atoms with van der Waals surface area (Å²) in [6.07, 6.45) is -4.63. The molecule has 2 N–H and O–H groups in total. The number of ether oxygens (including phenoxy) is 1. The topological polar surface area (TPSA) is 70.7 Å². The minimum Gasteiger partial charge on any atom is -0.497 e. The highest BCUT2D eigenvalue weighted by Crippen LogP contribution is 2.36. The Labute approximate surface area is 177 Å². The SMILES string of the molecule is COc1ccc(CNC(=O)CN(C)CC(=O)Nc2ccc(Cl)c(C(F)(F)F)c2)cc1. The van der Waals surface area contributed by atoms with Crippen LogP contribution >= 0.6 is 11.6 Å². The van der Waals surface area contributed by atoms with Crippen LogP contribution in [0.3, 0.4) is 0 Å². The maximum Gasteiger partial charge on any atom is 0.417 e. The van der Waals surface area contributed by atoms with Crippen LogP contribution in [-0.4, -0.2) is 44.0 Å². The van der Waals surface area contributed by atoms with Crippen molar-refractivity contribution in [3.8, 4) is 5.75 Å². The Balaban J connectivity index is 1.81. The van der Waals surface area contributed by atoms with Crippen molar-refractivity contribution in [3.05, 3.63) is 58.6 Å². The minimum absolute atomic E-state index is 0.0333. The van der Waals surface area contributed by atoms with Gasteiger partial charge in [-0.15, -0.1) is 0 Å². The molecule has 2 amide bonds. The monoisotopic (exact) mass is 443 g/mol. The number of hydrogen-bond acceptors (Lipinski definition) is 4. The van der Waals surface area contributed by atoms with Gasteiger partial charge in [0.25, 0.3) is 0 Å². The summed E-state index contributed by atoms with van der Waals surface area (Å²) >= 11 is 5.56. The number of amides is 2. The van der Waals surface area contributed by atoms with Crippen molar-refractivity contribution in [2.45, 2.75) is 12.7 Å². The molecule has 2 aromatic carbocycles. The van der Waals surface area contributed by atoms with Crippen LogP contribution in [0.5, 0.6) is 5.75 Å². The maximum absolute atomic E-state index is 12.9. The largest absolute Gasteiger partial charge is 0.497 e. The van der Waals surface area contributed by atoms with E-state index in [0.717, 1.165) is 17.7 Å². The second-order valence-electron chi connectivity index (χ2n) is 6.54. The number of rotatable bonds is 8. The van der Waals surface area contributed by atoms with Crippen LogP contribution in [0.4, 0.5) is 18.9 Å². The molecule has 0 aliphatic rings. The van der Waals surface area contributed by atoms with E-state index in [-0.39, 0.29) is 24.7 Å². The van der Waals surface area contributed by atoms with Crippen LogP contribution in [-0.2, 0) is 22.3 Å². The molecule has 0 saturated heterocycles. The van der Waals surface area contributed by atoms with E-state index < -0.39 is 22.7 Å². The molecule has 0 aliphatic heterocycles. The number of carbonyl (C=O) groups excluding carboxylic acids is 2. The predicted octanol–water partition coefficient (Wildman–Crippen LogP) is 3.55. The molecular formula is C20H21ClF3N3O3. The molecule has 6 nitrogen and oxygen atoms in total. The van der Waals surface area contributed by atoms with Gasteiger partial charge in [0.05, 0.1) is 30.8 Å². The Morgan fingerprint density at radius 2 is 1.70 bits per heavy atom. The zero-order chi connectivity index (χ0) is 22.3. The van der Waals surface area contributed by atoms with Gasteiger partial charge in [-0.05, 0) is 42.9 Å². The lowest BCUT2D eigenvalue weighted by Gasteiger charge is -2.17. The number of hydrogen-bond donors (Lipinski definition) is 2. The van der Waals surface area contributed by atoms with Gasteiger partial charge in [0.1, 0.15) is 5.75 Å². The van der Waals surface area contributed by atoms with Gasteiger partial charge < -0.3 is 15.4 Å². The Kier molecular flexibility index (Phi) is 8.08. The van der Waals surface area contributed by atoms with Crippen LogP contribution in [0.15, 0.2) is 42.5 Å². The fraction of sp³-hybridized carbons (Fsp3) is 0.300. The normalized spacial score (nSPS) is 11.3. The Morgan fingerprint density at radius 1 is 1.07 bits per heavy atom. The fourth-order valence-electron chi connectivity index (χ4n) is 2.57. The first-order valence-corrected chi connectivity index (χ1v) is 9.21. The van der Waals surface area contributed by atoms with Crippen molar-refractivity contribution in [2.75, 3.05) is 32.6 Å². The molecule has 30 heavy (non-hydrogen) atoms. The smallest absolute Gasteiger partial charge is 0.417 e. The number of halogens is 4. The molecule has 0 unspecified atom stereocenters. The molecule has 2 rings (SSSR count). The molecule has 0 aliphatic carbocycles. The van der Waals surface area contributed by atoms with E-state index in [9.17, 15) is 22.8 Å². The molecule has 0 saturated carbocycles. The fourth-order valence-corrected chi connectivity index (χ4v) is 2.79. The molecule has 0 atom stereocenters. The number of methoxy groups -OCH3 is 1. The molecule has 0 heterocycles. The van der Waals surface area contributed by atoms with Gasteiger partial charge in [-0.3, -0.25) is 14.5 Å². The van der Waals surface area contributed by atoms with Gasteiger partial charge in [0, 0.05) is 12.2 Å². The van der Waals surface area contributed by atoms with Gasteiger partial charge in [-0.2, -0.15) is 13.2 Å². The van der Waals surface area contributed by atoms with Gasteiger partial charge in [-0.1, -0.05) is 23.7 Å². The summed E-state index contributed by atoms with van der Waals surface area (Å²) in [5.41, 5.74) is -0.185. The van der Waals surface area contributed by atoms with Crippen LogP contribution in [0.1, 0.15) is 11.1 Å². The third-order valence-electron chi connectivity index (χ3n) is 4.03. The van der Waals surface area contributed by atoms with Crippen molar-refractivity contribution in [1.82, 2.24) is 10.2 Å². The maximum atomic E-state index is 12.9. The summed E-state index contributed by atoms with van der Waals surface area (Å²) in [5, 5.41) is 4.65. The van der Waals surface area contributed by atoms with E-state index in [4.69, 9.17) is 16.3 Å². The zero-order valence-corrected chi connectivity index (χ0v) is 17.1. The Morgan fingerprint density at radius 3 is 2.30 bits per heavy atom. The second-order valence-corrected chi connectivity index (χ2v) is 6.94. The van der Waals surface area contributed by atoms with Crippen molar-refractivity contribution in [2.24, 2.45) is 0 Å². The molecule has 0 fully saturated rings. The van der Waals surface area contributed by atoms with Crippen LogP contribution in [0, 0.1) is 0 Å². The van der Waals surface area contributed by atoms with Crippen molar-refractivity contribution in [3.63, 3.8) is 0 Å². The Hall–Kier alpha value is -2.78. The van der Waals surface area contributed by atoms with Crippen molar-refractivity contribution >= 4 is 29.1 Å². The highest BCUT2D eigenvalue weighted by atomic mass is 35.5. The molecular weight excluding hydrogens is 423 g/mol. The van der Waals surface area contributed by atoms with Crippen LogP contribution in [0.2, 0.25) is 5.02 Å². The summed E-state index contributed by atoms with van der Waals surface area (Å²) in [4.78, 5) is 25.6. The van der Waals surface area contributed by atoms with Gasteiger partial charge in [-0.25, -0.2) is 0 Å². The van der Waals surface area contributed by atoms with Crippen LogP contribution in [0.25, 0.3) is 0 Å². The van der Waals surface area contributed by atoms with E-state index in [2.05, 4.69) is 10.6 Å². The van der Waals surface area contributed by atoms with Crippen LogP contribution < -0.4 is 15.4 Å². The number of likely N-dealkylation sites (N-methyl/N-ethyl adjacent to an activating group) is 1. The summed E-state index contributed by atoms with van der Waals surface area (Å²) < 4.78 is 43.8. The summed E-state index contributed by atoms with van der Waals surface area (Å²) in [6, 6.07) is 10.3. The average Bonchev–Trinajstić information content (AvgIpc) is 2.67. The van der Waals surface area contributed by atoms with E-state index >= 15 is 0 Å². The molecule has 0 spiro atoms. The highest BCUT2D eigenvalue weighted by molar-refractivity contribution is 6.31. The summed E-state index contributed by atoms with van der Waals surface area (Å²) in [6.45, 7) is 0.0752. The lowest BCUT2D eigenvalue weighted by atomic mass is 10.2. The molecule has 162 valence electrons. The number of alkyl halides is 3. The van der Waals surface area contributed by atoms with Crippen molar-refractivity contribution in [1.29, 1.82) is 0 Å². The number of carbonyl (C=O) groups is 2. The molecule has 0 radical (unpaired) electrons.